The van der Waals surface area contributed by atoms with Crippen LogP contribution in [0.15, 0.2) is 109 Å². The lowest BCUT2D eigenvalue weighted by atomic mass is 9.73. The minimum absolute atomic E-state index is 0.281. The van der Waals surface area contributed by atoms with Gasteiger partial charge in [-0.15, -0.1) is 0 Å². The van der Waals surface area contributed by atoms with Gasteiger partial charge in [0.25, 0.3) is 0 Å². The first-order valence-corrected chi connectivity index (χ1v) is 15.7. The zero-order chi connectivity index (χ0) is 26.5. The van der Waals surface area contributed by atoms with Crippen LogP contribution in [0.1, 0.15) is 33.0 Å². The van der Waals surface area contributed by atoms with E-state index < -0.39 is 13.7 Å². The Bertz CT molecular complexity index is 1300. The molecule has 2 atom stereocenters. The van der Waals surface area contributed by atoms with Crippen molar-refractivity contribution in [3.05, 3.63) is 131 Å². The van der Waals surface area contributed by atoms with Crippen molar-refractivity contribution in [1.82, 2.24) is 0 Å². The largest absolute Gasteiger partial charge is 0.497 e. The molecule has 1 N–H and O–H groups in total. The normalized spacial score (nSPS) is 13.9. The third-order valence-corrected chi connectivity index (χ3v) is 10.6. The second-order valence-corrected chi connectivity index (χ2v) is 14.7. The smallest absolute Gasteiger partial charge is 0.337 e. The Labute approximate surface area is 220 Å². The molecule has 0 saturated heterocycles. The maximum absolute atomic E-state index is 12.9. The van der Waals surface area contributed by atoms with Crippen molar-refractivity contribution in [2.75, 3.05) is 14.2 Å². The van der Waals surface area contributed by atoms with Gasteiger partial charge in [-0.25, -0.2) is 4.79 Å². The maximum Gasteiger partial charge on any atom is 0.337 e. The molecule has 4 aromatic rings. The Balaban J connectivity index is 1.91. The molecule has 0 aliphatic rings. The summed E-state index contributed by atoms with van der Waals surface area (Å²) in [5.41, 5.74) is 1.74. The van der Waals surface area contributed by atoms with Crippen molar-refractivity contribution in [3.63, 3.8) is 0 Å². The molecule has 0 amide bonds. The number of carbonyl (C=O) groups excluding carboxylic acids is 1. The minimum Gasteiger partial charge on any atom is -0.497 e. The summed E-state index contributed by atoms with van der Waals surface area (Å²) < 4.78 is 10.3. The SMILES string of the molecule is COC(=O)c1ccc([C@H](C[Si](C)(C)c2ccccc2)[C@@](O)(c2ccccc2)c2ccc(OC)cc2)cc1. The number of hydrogen-bond donors (Lipinski definition) is 1. The first-order valence-electron chi connectivity index (χ1n) is 12.5. The fourth-order valence-corrected chi connectivity index (χ4v) is 7.98. The summed E-state index contributed by atoms with van der Waals surface area (Å²) in [7, 11) is 0.980. The summed E-state index contributed by atoms with van der Waals surface area (Å²) in [4.78, 5) is 12.1. The highest BCUT2D eigenvalue weighted by molar-refractivity contribution is 6.89. The molecule has 0 aliphatic carbocycles. The number of aliphatic hydroxyl groups is 1. The van der Waals surface area contributed by atoms with Crippen molar-refractivity contribution in [3.8, 4) is 5.75 Å². The number of hydrogen-bond acceptors (Lipinski definition) is 4. The molecule has 5 heteroatoms. The van der Waals surface area contributed by atoms with Crippen LogP contribution in [0.5, 0.6) is 5.75 Å². The third kappa shape index (κ3) is 5.53. The van der Waals surface area contributed by atoms with E-state index in [4.69, 9.17) is 9.47 Å². The maximum atomic E-state index is 12.9. The Morgan fingerprint density at radius 2 is 1.32 bits per heavy atom. The Kier molecular flexibility index (Phi) is 7.96. The first kappa shape index (κ1) is 26.4. The average Bonchev–Trinajstić information content (AvgIpc) is 2.96. The van der Waals surface area contributed by atoms with Crippen LogP contribution in [0, 0.1) is 0 Å². The van der Waals surface area contributed by atoms with E-state index in [0.29, 0.717) is 5.56 Å². The quantitative estimate of drug-likeness (QED) is 0.218. The molecule has 0 saturated carbocycles. The van der Waals surface area contributed by atoms with E-state index in [1.54, 1.807) is 19.2 Å². The minimum atomic E-state index is -2.04. The molecule has 4 aromatic carbocycles. The topological polar surface area (TPSA) is 55.8 Å². The van der Waals surface area contributed by atoms with E-state index in [-0.39, 0.29) is 11.9 Å². The summed E-state index contributed by atoms with van der Waals surface area (Å²) in [6.07, 6.45) is 0. The van der Waals surface area contributed by atoms with Gasteiger partial charge in [-0.3, -0.25) is 0 Å². The molecule has 0 unspecified atom stereocenters. The second-order valence-electron chi connectivity index (χ2n) is 9.98. The molecule has 0 radical (unpaired) electrons. The number of rotatable bonds is 9. The lowest BCUT2D eigenvalue weighted by Crippen LogP contribution is -2.46. The molecule has 4 nitrogen and oxygen atoms in total. The van der Waals surface area contributed by atoms with E-state index in [9.17, 15) is 9.90 Å². The summed E-state index contributed by atoms with van der Waals surface area (Å²) in [6, 6.07) is 36.3. The van der Waals surface area contributed by atoms with Crippen LogP contribution in [0.4, 0.5) is 0 Å². The van der Waals surface area contributed by atoms with E-state index in [2.05, 4.69) is 37.4 Å². The zero-order valence-electron chi connectivity index (χ0n) is 21.8. The van der Waals surface area contributed by atoms with E-state index in [1.165, 1.54) is 12.3 Å². The van der Waals surface area contributed by atoms with Gasteiger partial charge >= 0.3 is 5.97 Å². The highest BCUT2D eigenvalue weighted by Gasteiger charge is 2.44. The van der Waals surface area contributed by atoms with Gasteiger partial charge in [0.15, 0.2) is 0 Å². The van der Waals surface area contributed by atoms with Gasteiger partial charge in [-0.1, -0.05) is 103 Å². The molecule has 0 spiro atoms. The van der Waals surface area contributed by atoms with Crippen molar-refractivity contribution in [1.29, 1.82) is 0 Å². The molecule has 4 rings (SSSR count). The van der Waals surface area contributed by atoms with Crippen LogP contribution in [0.25, 0.3) is 0 Å². The Morgan fingerprint density at radius 1 is 0.784 bits per heavy atom. The zero-order valence-corrected chi connectivity index (χ0v) is 22.8. The fourth-order valence-electron chi connectivity index (χ4n) is 5.10. The van der Waals surface area contributed by atoms with Crippen LogP contribution in [0.2, 0.25) is 19.1 Å². The van der Waals surface area contributed by atoms with Crippen LogP contribution in [-0.4, -0.2) is 33.4 Å². The van der Waals surface area contributed by atoms with Gasteiger partial charge in [0.05, 0.1) is 27.9 Å². The number of carbonyl (C=O) groups is 1. The van der Waals surface area contributed by atoms with E-state index in [0.717, 1.165) is 28.5 Å². The lowest BCUT2D eigenvalue weighted by molar-refractivity contribution is 0.0550. The van der Waals surface area contributed by atoms with Gasteiger partial charge in [-0.2, -0.15) is 0 Å². The molecule has 0 bridgehead atoms. The van der Waals surface area contributed by atoms with Gasteiger partial charge in [0, 0.05) is 5.92 Å². The molecule has 0 aliphatic heterocycles. The molecular formula is C32H34O4Si. The lowest BCUT2D eigenvalue weighted by Gasteiger charge is -2.41. The summed E-state index contributed by atoms with van der Waals surface area (Å²) in [5.74, 6) is 0.0737. The van der Waals surface area contributed by atoms with Crippen LogP contribution in [-0.2, 0) is 10.3 Å². The van der Waals surface area contributed by atoms with E-state index in [1.807, 2.05) is 72.8 Å². The van der Waals surface area contributed by atoms with Crippen LogP contribution in [0.3, 0.4) is 0 Å². The van der Waals surface area contributed by atoms with Crippen molar-refractivity contribution < 1.29 is 19.4 Å². The number of methoxy groups -OCH3 is 2. The highest BCUT2D eigenvalue weighted by Crippen LogP contribution is 2.47. The van der Waals surface area contributed by atoms with Crippen LogP contribution < -0.4 is 9.92 Å². The molecule has 190 valence electrons. The van der Waals surface area contributed by atoms with Crippen LogP contribution >= 0.6 is 0 Å². The summed E-state index contributed by atoms with van der Waals surface area (Å²) >= 11 is 0. The average molecular weight is 511 g/mol. The predicted octanol–water partition coefficient (Wildman–Crippen LogP) is 6.12. The predicted molar refractivity (Wildman–Crippen MR) is 151 cm³/mol. The summed E-state index contributed by atoms with van der Waals surface area (Å²) in [6.45, 7) is 4.69. The molecule has 37 heavy (non-hydrogen) atoms. The first-order chi connectivity index (χ1) is 17.8. The Hall–Kier alpha value is -3.67. The van der Waals surface area contributed by atoms with E-state index >= 15 is 0 Å². The third-order valence-electron chi connectivity index (χ3n) is 7.25. The summed E-state index contributed by atoms with van der Waals surface area (Å²) in [5, 5.41) is 14.2. The van der Waals surface area contributed by atoms with Gasteiger partial charge in [0.2, 0.25) is 0 Å². The fraction of sp³-hybridized carbons (Fsp3) is 0.219. The second kappa shape index (κ2) is 11.2. The molecule has 0 heterocycles. The Morgan fingerprint density at radius 3 is 1.86 bits per heavy atom. The molecule has 0 fully saturated rings. The monoisotopic (exact) mass is 510 g/mol. The number of esters is 1. The number of ether oxygens (including phenoxy) is 2. The van der Waals surface area contributed by atoms with Gasteiger partial charge in [-0.05, 0) is 47.0 Å². The van der Waals surface area contributed by atoms with Gasteiger partial charge < -0.3 is 14.6 Å². The van der Waals surface area contributed by atoms with Crippen molar-refractivity contribution >= 4 is 19.2 Å². The van der Waals surface area contributed by atoms with Gasteiger partial charge in [0.1, 0.15) is 11.4 Å². The molecule has 0 aromatic heterocycles. The molecular weight excluding hydrogens is 476 g/mol. The highest BCUT2D eigenvalue weighted by atomic mass is 28.3. The standard InChI is InChI=1S/C32H34O4Si/c1-35-28-21-19-27(20-22-28)32(34,26-11-7-5-8-12-26)30(23-37(3,4)29-13-9-6-10-14-29)24-15-17-25(18-16-24)31(33)36-2/h5-22,30,34H,23H2,1-4H3/t30-,32+/m0/s1. The van der Waals surface area contributed by atoms with Crippen molar-refractivity contribution in [2.24, 2.45) is 0 Å². The number of benzene rings is 4. The van der Waals surface area contributed by atoms with Crippen molar-refractivity contribution in [2.45, 2.75) is 30.7 Å².